The number of ketones is 1. The number of nitrogens with one attached hydrogen (secondary N) is 1. The van der Waals surface area contributed by atoms with Gasteiger partial charge >= 0.3 is 6.36 Å². The quantitative estimate of drug-likeness (QED) is 0.824. The lowest BCUT2D eigenvalue weighted by Crippen LogP contribution is -2.18. The summed E-state index contributed by atoms with van der Waals surface area (Å²) < 4.78 is 41.3. The van der Waals surface area contributed by atoms with E-state index < -0.39 is 12.1 Å². The van der Waals surface area contributed by atoms with Crippen LogP contribution in [0.5, 0.6) is 11.5 Å². The van der Waals surface area contributed by atoms with Gasteiger partial charge in [-0.2, -0.15) is 0 Å². The molecule has 2 aromatic carbocycles. The number of carbonyl (C=O) groups excluding carboxylic acids is 1. The van der Waals surface area contributed by atoms with Crippen LogP contribution in [-0.4, -0.2) is 30.3 Å². The van der Waals surface area contributed by atoms with Crippen LogP contribution in [0.1, 0.15) is 16.8 Å². The Balaban J connectivity index is 2.00. The van der Waals surface area contributed by atoms with Crippen molar-refractivity contribution in [3.8, 4) is 22.6 Å². The molecule has 7 heteroatoms. The number of aromatic hydroxyl groups is 1. The molecule has 2 aromatic rings. The van der Waals surface area contributed by atoms with Crippen LogP contribution >= 0.6 is 0 Å². The van der Waals surface area contributed by atoms with Crippen LogP contribution < -0.4 is 10.1 Å². The van der Waals surface area contributed by atoms with E-state index in [9.17, 15) is 23.1 Å². The Morgan fingerprint density at radius 2 is 1.96 bits per heavy atom. The highest BCUT2D eigenvalue weighted by atomic mass is 19.4. The van der Waals surface area contributed by atoms with Crippen LogP contribution in [-0.2, 0) is 0 Å². The van der Waals surface area contributed by atoms with Gasteiger partial charge in [-0.25, -0.2) is 0 Å². The fraction of sp³-hybridized carbons (Fsp3) is 0.278. The van der Waals surface area contributed by atoms with Crippen LogP contribution in [0.3, 0.4) is 0 Å². The Morgan fingerprint density at radius 1 is 1.20 bits per heavy atom. The van der Waals surface area contributed by atoms with E-state index in [1.54, 1.807) is 24.3 Å². The molecule has 1 heterocycles. The van der Waals surface area contributed by atoms with Crippen molar-refractivity contribution in [3.63, 3.8) is 0 Å². The van der Waals surface area contributed by atoms with Crippen molar-refractivity contribution in [2.45, 2.75) is 12.8 Å². The van der Waals surface area contributed by atoms with Crippen molar-refractivity contribution in [3.05, 3.63) is 48.0 Å². The lowest BCUT2D eigenvalue weighted by molar-refractivity contribution is -0.274. The molecule has 0 spiro atoms. The standard InChI is InChI=1S/C18H16F3NO3/c19-18(20,21)25-14-8-12(7-13(23)9-14)15-3-1-2-4-16(15)17(24)11-5-6-22-10-11/h1-4,7-9,11,22-23H,5-6,10H2. The smallest absolute Gasteiger partial charge is 0.508 e. The molecular weight excluding hydrogens is 335 g/mol. The van der Waals surface area contributed by atoms with E-state index >= 15 is 0 Å². The largest absolute Gasteiger partial charge is 0.573 e. The summed E-state index contributed by atoms with van der Waals surface area (Å²) >= 11 is 0. The van der Waals surface area contributed by atoms with Gasteiger partial charge in [0.15, 0.2) is 5.78 Å². The molecular formula is C18H16F3NO3. The van der Waals surface area contributed by atoms with E-state index in [4.69, 9.17) is 0 Å². The van der Waals surface area contributed by atoms with Crippen LogP contribution in [0.2, 0.25) is 0 Å². The minimum absolute atomic E-state index is 0.0674. The zero-order valence-electron chi connectivity index (χ0n) is 13.1. The molecule has 1 aliphatic rings. The summed E-state index contributed by atoms with van der Waals surface area (Å²) in [5, 5.41) is 12.9. The molecule has 4 nitrogen and oxygen atoms in total. The number of phenolic OH excluding ortho intramolecular Hbond substituents is 1. The zero-order chi connectivity index (χ0) is 18.0. The van der Waals surface area contributed by atoms with Gasteiger partial charge in [-0.05, 0) is 36.2 Å². The molecule has 0 aromatic heterocycles. The molecule has 1 unspecified atom stereocenters. The Labute approximate surface area is 142 Å². The zero-order valence-corrected chi connectivity index (χ0v) is 13.1. The highest BCUT2D eigenvalue weighted by molar-refractivity contribution is 6.04. The fourth-order valence-electron chi connectivity index (χ4n) is 2.98. The maximum absolute atomic E-state index is 12.7. The van der Waals surface area contributed by atoms with Crippen molar-refractivity contribution in [2.24, 2.45) is 5.92 Å². The number of hydrogen-bond acceptors (Lipinski definition) is 4. The number of ether oxygens (including phenoxy) is 1. The second-order valence-electron chi connectivity index (χ2n) is 5.86. The Bertz CT molecular complexity index is 783. The molecule has 132 valence electrons. The third-order valence-corrected chi connectivity index (χ3v) is 4.06. The maximum Gasteiger partial charge on any atom is 0.573 e. The number of phenols is 1. The number of halogens is 3. The Kier molecular flexibility index (Phi) is 4.67. The van der Waals surface area contributed by atoms with Gasteiger partial charge in [0, 0.05) is 24.1 Å². The number of benzene rings is 2. The average molecular weight is 351 g/mol. The van der Waals surface area contributed by atoms with E-state index in [1.807, 2.05) is 0 Å². The second kappa shape index (κ2) is 6.76. The van der Waals surface area contributed by atoms with Crippen LogP contribution in [0.4, 0.5) is 13.2 Å². The first-order valence-corrected chi connectivity index (χ1v) is 7.77. The predicted molar refractivity (Wildman–Crippen MR) is 85.5 cm³/mol. The van der Waals surface area contributed by atoms with Gasteiger partial charge < -0.3 is 15.2 Å². The molecule has 1 atom stereocenters. The first-order valence-electron chi connectivity index (χ1n) is 7.77. The lowest BCUT2D eigenvalue weighted by Gasteiger charge is -2.14. The summed E-state index contributed by atoms with van der Waals surface area (Å²) in [6, 6.07) is 10.0. The molecule has 0 amide bonds. The van der Waals surface area contributed by atoms with Gasteiger partial charge in [0.1, 0.15) is 11.5 Å². The highest BCUT2D eigenvalue weighted by Gasteiger charge is 2.31. The van der Waals surface area contributed by atoms with Crippen molar-refractivity contribution in [2.75, 3.05) is 13.1 Å². The van der Waals surface area contributed by atoms with Gasteiger partial charge in [-0.3, -0.25) is 4.79 Å². The number of carbonyl (C=O) groups is 1. The van der Waals surface area contributed by atoms with Gasteiger partial charge in [-0.1, -0.05) is 24.3 Å². The molecule has 0 aliphatic carbocycles. The first-order chi connectivity index (χ1) is 11.8. The first kappa shape index (κ1) is 17.3. The van der Waals surface area contributed by atoms with Gasteiger partial charge in [0.25, 0.3) is 0 Å². The van der Waals surface area contributed by atoms with Gasteiger partial charge in [0.2, 0.25) is 0 Å². The number of alkyl halides is 3. The predicted octanol–water partition coefficient (Wildman–Crippen LogP) is 3.75. The molecule has 2 N–H and O–H groups in total. The van der Waals surface area contributed by atoms with Crippen LogP contribution in [0, 0.1) is 5.92 Å². The summed E-state index contributed by atoms with van der Waals surface area (Å²) in [4.78, 5) is 12.7. The minimum atomic E-state index is -4.87. The minimum Gasteiger partial charge on any atom is -0.508 e. The van der Waals surface area contributed by atoms with E-state index in [0.29, 0.717) is 17.7 Å². The topological polar surface area (TPSA) is 58.6 Å². The Hall–Kier alpha value is -2.54. The van der Waals surface area contributed by atoms with Crippen molar-refractivity contribution >= 4 is 5.78 Å². The second-order valence-corrected chi connectivity index (χ2v) is 5.86. The molecule has 0 radical (unpaired) electrons. The Morgan fingerprint density at radius 3 is 2.64 bits per heavy atom. The molecule has 0 bridgehead atoms. The normalized spacial score (nSPS) is 17.5. The molecule has 25 heavy (non-hydrogen) atoms. The average Bonchev–Trinajstić information content (AvgIpc) is 3.06. The number of rotatable bonds is 4. The summed E-state index contributed by atoms with van der Waals surface area (Å²) in [6.07, 6.45) is -4.15. The van der Waals surface area contributed by atoms with E-state index in [0.717, 1.165) is 25.1 Å². The molecule has 1 aliphatic heterocycles. The van der Waals surface area contributed by atoms with E-state index in [2.05, 4.69) is 10.1 Å². The van der Waals surface area contributed by atoms with Crippen molar-refractivity contribution < 1.29 is 27.8 Å². The van der Waals surface area contributed by atoms with Crippen molar-refractivity contribution in [1.29, 1.82) is 0 Å². The van der Waals surface area contributed by atoms with Crippen LogP contribution in [0.15, 0.2) is 42.5 Å². The summed E-state index contributed by atoms with van der Waals surface area (Å²) in [5.74, 6) is -1.14. The third kappa shape index (κ3) is 4.11. The molecule has 1 saturated heterocycles. The third-order valence-electron chi connectivity index (χ3n) is 4.06. The molecule has 1 fully saturated rings. The molecule has 0 saturated carbocycles. The number of hydrogen-bond donors (Lipinski definition) is 2. The van der Waals surface area contributed by atoms with E-state index in [1.165, 1.54) is 6.07 Å². The SMILES string of the molecule is O=C(c1ccccc1-c1cc(O)cc(OC(F)(F)F)c1)C1CCNC1. The molecule has 3 rings (SSSR count). The summed E-state index contributed by atoms with van der Waals surface area (Å²) in [5.41, 5.74) is 1.16. The van der Waals surface area contributed by atoms with Gasteiger partial charge in [0.05, 0.1) is 0 Å². The van der Waals surface area contributed by atoms with Crippen molar-refractivity contribution in [1.82, 2.24) is 5.32 Å². The van der Waals surface area contributed by atoms with E-state index in [-0.39, 0.29) is 23.0 Å². The van der Waals surface area contributed by atoms with Gasteiger partial charge in [-0.15, -0.1) is 13.2 Å². The summed E-state index contributed by atoms with van der Waals surface area (Å²) in [6.45, 7) is 1.34. The summed E-state index contributed by atoms with van der Waals surface area (Å²) in [7, 11) is 0. The fourth-order valence-corrected chi connectivity index (χ4v) is 2.98. The highest BCUT2D eigenvalue weighted by Crippen LogP contribution is 2.34. The number of Topliss-reactive ketones (excluding diaryl/α,β-unsaturated/α-hetero) is 1. The monoisotopic (exact) mass is 351 g/mol. The lowest BCUT2D eigenvalue weighted by atomic mass is 9.90. The maximum atomic E-state index is 12.7. The van der Waals surface area contributed by atoms with Crippen LogP contribution in [0.25, 0.3) is 11.1 Å².